The minimum atomic E-state index is -4.61. The molecule has 202 valence electrons. The Morgan fingerprint density at radius 3 is 2.66 bits per heavy atom. The van der Waals surface area contributed by atoms with Crippen LogP contribution < -0.4 is 10.6 Å². The van der Waals surface area contributed by atoms with E-state index in [1.807, 2.05) is 30.3 Å². The number of aromatic nitrogens is 2. The van der Waals surface area contributed by atoms with Gasteiger partial charge < -0.3 is 19.9 Å². The van der Waals surface area contributed by atoms with Crippen LogP contribution in [0, 0.1) is 12.8 Å². The van der Waals surface area contributed by atoms with E-state index in [4.69, 9.17) is 20.9 Å². The number of nitrogens with one attached hydrogen (secondary N) is 2. The van der Waals surface area contributed by atoms with Crippen molar-refractivity contribution in [2.75, 3.05) is 6.54 Å². The summed E-state index contributed by atoms with van der Waals surface area (Å²) in [6, 6.07) is 9.91. The molecule has 12 heteroatoms. The topological polar surface area (TPSA) is 106 Å². The van der Waals surface area contributed by atoms with Gasteiger partial charge in [-0.3, -0.25) is 9.78 Å². The van der Waals surface area contributed by atoms with Gasteiger partial charge in [0.25, 0.3) is 5.91 Å². The number of halogens is 4. The minimum Gasteiger partial charge on any atom is -0.445 e. The van der Waals surface area contributed by atoms with Gasteiger partial charge in [0, 0.05) is 18.8 Å². The van der Waals surface area contributed by atoms with Crippen LogP contribution in [-0.2, 0) is 17.5 Å². The van der Waals surface area contributed by atoms with Crippen LogP contribution in [0.1, 0.15) is 52.9 Å². The molecule has 2 unspecified atom stereocenters. The fourth-order valence-electron chi connectivity index (χ4n) is 4.44. The molecule has 2 aromatic heterocycles. The lowest BCUT2D eigenvalue weighted by Crippen LogP contribution is -2.41. The molecule has 2 atom stereocenters. The average molecular weight is 551 g/mol. The number of amides is 2. The zero-order chi connectivity index (χ0) is 27.3. The van der Waals surface area contributed by atoms with E-state index in [0.717, 1.165) is 30.9 Å². The smallest absolute Gasteiger partial charge is 0.417 e. The van der Waals surface area contributed by atoms with Gasteiger partial charge in [0.15, 0.2) is 0 Å². The number of carbonyl (C=O) groups excluding carboxylic acids is 2. The minimum absolute atomic E-state index is 0.0334. The number of alkyl carbamates (subject to hydrolysis) is 1. The molecule has 3 aromatic rings. The predicted molar refractivity (Wildman–Crippen MR) is 132 cm³/mol. The molecule has 1 saturated carbocycles. The van der Waals surface area contributed by atoms with E-state index in [-0.39, 0.29) is 46.3 Å². The van der Waals surface area contributed by atoms with Crippen molar-refractivity contribution in [2.24, 2.45) is 5.92 Å². The standard InChI is InChI=1S/C26H26ClF3N4O4/c1-15-21(23(34-38-15)22-20(27)11-18(13-31-22)26(28,29)30)24(35)33-19-9-5-8-17(10-19)12-32-25(36)37-14-16-6-3-2-4-7-16/h2-4,6-7,11,13,17,19H,5,8-10,12,14H2,1H3,(H,32,36)(H,33,35). The highest BCUT2D eigenvalue weighted by Gasteiger charge is 2.33. The number of carbonyl (C=O) groups is 2. The highest BCUT2D eigenvalue weighted by atomic mass is 35.5. The summed E-state index contributed by atoms with van der Waals surface area (Å²) in [6.07, 6.45) is -1.39. The van der Waals surface area contributed by atoms with E-state index in [1.165, 1.54) is 6.92 Å². The van der Waals surface area contributed by atoms with Gasteiger partial charge in [0.2, 0.25) is 0 Å². The van der Waals surface area contributed by atoms with Gasteiger partial charge >= 0.3 is 12.3 Å². The van der Waals surface area contributed by atoms with Crippen molar-refractivity contribution >= 4 is 23.6 Å². The maximum atomic E-state index is 13.2. The van der Waals surface area contributed by atoms with Crippen LogP contribution in [0.3, 0.4) is 0 Å². The number of hydrogen-bond acceptors (Lipinski definition) is 6. The number of rotatable bonds is 7. The van der Waals surface area contributed by atoms with Gasteiger partial charge in [0.1, 0.15) is 29.3 Å². The van der Waals surface area contributed by atoms with Crippen LogP contribution >= 0.6 is 11.6 Å². The summed E-state index contributed by atoms with van der Waals surface area (Å²) in [7, 11) is 0. The van der Waals surface area contributed by atoms with Crippen molar-refractivity contribution in [3.63, 3.8) is 0 Å². The molecule has 1 fully saturated rings. The Morgan fingerprint density at radius 1 is 1.18 bits per heavy atom. The predicted octanol–water partition coefficient (Wildman–Crippen LogP) is 5.93. The van der Waals surface area contributed by atoms with Gasteiger partial charge in [-0.2, -0.15) is 13.2 Å². The largest absolute Gasteiger partial charge is 0.445 e. The Morgan fingerprint density at radius 2 is 1.95 bits per heavy atom. The summed E-state index contributed by atoms with van der Waals surface area (Å²) in [4.78, 5) is 29.1. The van der Waals surface area contributed by atoms with E-state index in [1.54, 1.807) is 0 Å². The zero-order valence-electron chi connectivity index (χ0n) is 20.5. The number of alkyl halides is 3. The highest BCUT2D eigenvalue weighted by molar-refractivity contribution is 6.33. The number of nitrogens with zero attached hydrogens (tertiary/aromatic N) is 2. The lowest BCUT2D eigenvalue weighted by atomic mass is 9.85. The third kappa shape index (κ3) is 6.83. The van der Waals surface area contributed by atoms with Crippen molar-refractivity contribution in [1.29, 1.82) is 0 Å². The van der Waals surface area contributed by atoms with Gasteiger partial charge in [-0.25, -0.2) is 4.79 Å². The SMILES string of the molecule is Cc1onc(-c2ncc(C(F)(F)F)cc2Cl)c1C(=O)NC1CCCC(CNC(=O)OCc2ccccc2)C1. The normalized spacial score (nSPS) is 17.6. The van der Waals surface area contributed by atoms with Gasteiger partial charge in [-0.05, 0) is 43.7 Å². The first-order valence-corrected chi connectivity index (χ1v) is 12.4. The number of ether oxygens (including phenoxy) is 1. The van der Waals surface area contributed by atoms with E-state index in [9.17, 15) is 22.8 Å². The maximum absolute atomic E-state index is 13.2. The highest BCUT2D eigenvalue weighted by Crippen LogP contribution is 2.35. The van der Waals surface area contributed by atoms with E-state index >= 15 is 0 Å². The molecule has 2 heterocycles. The van der Waals surface area contributed by atoms with Gasteiger partial charge in [-0.1, -0.05) is 53.5 Å². The number of hydrogen-bond donors (Lipinski definition) is 2. The first-order valence-electron chi connectivity index (χ1n) is 12.1. The molecule has 4 rings (SSSR count). The molecule has 2 amide bonds. The fourth-order valence-corrected chi connectivity index (χ4v) is 4.69. The second-order valence-electron chi connectivity index (χ2n) is 9.16. The Hall–Kier alpha value is -3.60. The maximum Gasteiger partial charge on any atom is 0.417 e. The van der Waals surface area contributed by atoms with Crippen molar-refractivity contribution < 1.29 is 32.0 Å². The molecule has 1 aromatic carbocycles. The molecule has 1 aliphatic carbocycles. The lowest BCUT2D eigenvalue weighted by molar-refractivity contribution is -0.137. The summed E-state index contributed by atoms with van der Waals surface area (Å²) in [5.74, 6) is -0.171. The van der Waals surface area contributed by atoms with Crippen LogP contribution in [-0.4, -0.2) is 34.7 Å². The Kier molecular flexibility index (Phi) is 8.55. The second-order valence-corrected chi connectivity index (χ2v) is 9.57. The van der Waals surface area contributed by atoms with E-state index < -0.39 is 23.7 Å². The first-order chi connectivity index (χ1) is 18.1. The molecule has 0 aliphatic heterocycles. The fraction of sp³-hybridized carbons (Fsp3) is 0.385. The molecule has 0 bridgehead atoms. The molecule has 0 saturated heterocycles. The van der Waals surface area contributed by atoms with E-state index in [0.29, 0.717) is 19.2 Å². The molecule has 1 aliphatic rings. The number of aryl methyl sites for hydroxylation is 1. The van der Waals surface area contributed by atoms with Crippen molar-refractivity contribution in [2.45, 2.75) is 51.4 Å². The monoisotopic (exact) mass is 550 g/mol. The third-order valence-electron chi connectivity index (χ3n) is 6.35. The van der Waals surface area contributed by atoms with Crippen molar-refractivity contribution in [3.8, 4) is 11.4 Å². The Bertz CT molecular complexity index is 1280. The van der Waals surface area contributed by atoms with Crippen LogP contribution in [0.15, 0.2) is 47.1 Å². The van der Waals surface area contributed by atoms with Crippen LogP contribution in [0.4, 0.5) is 18.0 Å². The zero-order valence-corrected chi connectivity index (χ0v) is 21.2. The quantitative estimate of drug-likeness (QED) is 0.377. The molecule has 0 radical (unpaired) electrons. The number of pyridine rings is 1. The molecular weight excluding hydrogens is 525 g/mol. The lowest BCUT2D eigenvalue weighted by Gasteiger charge is -2.29. The summed E-state index contributed by atoms with van der Waals surface area (Å²) in [5, 5.41) is 9.27. The van der Waals surface area contributed by atoms with Gasteiger partial charge in [-0.15, -0.1) is 0 Å². The second kappa shape index (κ2) is 11.8. The summed E-state index contributed by atoms with van der Waals surface area (Å²) < 4.78 is 49.4. The van der Waals surface area contributed by atoms with Gasteiger partial charge in [0.05, 0.1) is 10.6 Å². The molecule has 38 heavy (non-hydrogen) atoms. The average Bonchev–Trinajstić information content (AvgIpc) is 3.27. The van der Waals surface area contributed by atoms with Crippen LogP contribution in [0.25, 0.3) is 11.4 Å². The molecule has 2 N–H and O–H groups in total. The summed E-state index contributed by atoms with van der Waals surface area (Å²) >= 11 is 6.06. The third-order valence-corrected chi connectivity index (χ3v) is 6.64. The Labute approximate surface area is 221 Å². The first kappa shape index (κ1) is 27.4. The van der Waals surface area contributed by atoms with Crippen molar-refractivity contribution in [3.05, 3.63) is 70.1 Å². The van der Waals surface area contributed by atoms with Crippen LogP contribution in [0.2, 0.25) is 5.02 Å². The summed E-state index contributed by atoms with van der Waals surface area (Å²) in [6.45, 7) is 2.11. The van der Waals surface area contributed by atoms with Crippen LogP contribution in [0.5, 0.6) is 0 Å². The van der Waals surface area contributed by atoms with Crippen molar-refractivity contribution in [1.82, 2.24) is 20.8 Å². The number of benzene rings is 1. The Balaban J connectivity index is 1.35. The molecule has 8 nitrogen and oxygen atoms in total. The molecule has 0 spiro atoms. The van der Waals surface area contributed by atoms with E-state index in [2.05, 4.69) is 20.8 Å². The summed E-state index contributed by atoms with van der Waals surface area (Å²) in [5.41, 5.74) is -0.179. The molecular formula is C26H26ClF3N4O4.